The SMILES string of the molecule is O=C1NC(C(=O)Cc2ccccc2-c2ccccc2)CO1. The van der Waals surface area contributed by atoms with Crippen LogP contribution in [0, 0.1) is 0 Å². The van der Waals surface area contributed by atoms with Gasteiger partial charge in [0, 0.05) is 6.42 Å². The highest BCUT2D eigenvalue weighted by Crippen LogP contribution is 2.24. The molecule has 2 aromatic carbocycles. The van der Waals surface area contributed by atoms with E-state index in [0.29, 0.717) is 0 Å². The minimum Gasteiger partial charge on any atom is -0.447 e. The maximum absolute atomic E-state index is 12.2. The summed E-state index contributed by atoms with van der Waals surface area (Å²) in [5.74, 6) is -0.0377. The summed E-state index contributed by atoms with van der Waals surface area (Å²) in [5.41, 5.74) is 3.07. The van der Waals surface area contributed by atoms with Gasteiger partial charge in [0.25, 0.3) is 0 Å². The maximum Gasteiger partial charge on any atom is 0.407 e. The Morgan fingerprint density at radius 2 is 1.81 bits per heavy atom. The maximum atomic E-state index is 12.2. The number of carbonyl (C=O) groups is 2. The van der Waals surface area contributed by atoms with Crippen molar-refractivity contribution >= 4 is 11.9 Å². The van der Waals surface area contributed by atoms with E-state index in [1.165, 1.54) is 0 Å². The zero-order valence-electron chi connectivity index (χ0n) is 11.4. The first-order chi connectivity index (χ1) is 10.2. The molecular weight excluding hydrogens is 266 g/mol. The Kier molecular flexibility index (Phi) is 3.69. The van der Waals surface area contributed by atoms with Crippen molar-refractivity contribution in [1.29, 1.82) is 0 Å². The Bertz CT molecular complexity index is 667. The fourth-order valence-electron chi connectivity index (χ4n) is 2.44. The summed E-state index contributed by atoms with van der Waals surface area (Å²) in [6, 6.07) is 17.2. The number of rotatable bonds is 4. The Hall–Kier alpha value is -2.62. The summed E-state index contributed by atoms with van der Waals surface area (Å²) in [5, 5.41) is 2.52. The number of nitrogens with one attached hydrogen (secondary N) is 1. The van der Waals surface area contributed by atoms with E-state index >= 15 is 0 Å². The van der Waals surface area contributed by atoms with Crippen LogP contribution < -0.4 is 5.32 Å². The zero-order valence-corrected chi connectivity index (χ0v) is 11.4. The Labute approximate surface area is 122 Å². The normalized spacial score (nSPS) is 17.1. The summed E-state index contributed by atoms with van der Waals surface area (Å²) in [4.78, 5) is 23.3. The lowest BCUT2D eigenvalue weighted by Gasteiger charge is -2.11. The van der Waals surface area contributed by atoms with E-state index in [-0.39, 0.29) is 18.8 Å². The van der Waals surface area contributed by atoms with Crippen LogP contribution in [0.2, 0.25) is 0 Å². The Morgan fingerprint density at radius 1 is 1.10 bits per heavy atom. The minimum atomic E-state index is -0.540. The molecule has 0 radical (unpaired) electrons. The first-order valence-corrected chi connectivity index (χ1v) is 6.83. The number of Topliss-reactive ketones (excluding diaryl/α,β-unsaturated/α-hetero) is 1. The predicted octanol–water partition coefficient (Wildman–Crippen LogP) is 2.57. The third-order valence-corrected chi connectivity index (χ3v) is 3.53. The highest BCUT2D eigenvalue weighted by molar-refractivity contribution is 5.92. The van der Waals surface area contributed by atoms with E-state index < -0.39 is 12.1 Å². The van der Waals surface area contributed by atoms with Gasteiger partial charge in [-0.25, -0.2) is 4.79 Å². The molecule has 4 heteroatoms. The van der Waals surface area contributed by atoms with Crippen LogP contribution >= 0.6 is 0 Å². The smallest absolute Gasteiger partial charge is 0.407 e. The Balaban J connectivity index is 1.83. The lowest BCUT2D eigenvalue weighted by Crippen LogP contribution is -2.35. The molecule has 106 valence electrons. The van der Waals surface area contributed by atoms with Crippen LogP contribution in [-0.4, -0.2) is 24.5 Å². The zero-order chi connectivity index (χ0) is 14.7. The second-order valence-electron chi connectivity index (χ2n) is 4.96. The van der Waals surface area contributed by atoms with Crippen LogP contribution in [0.15, 0.2) is 54.6 Å². The molecule has 0 bridgehead atoms. The van der Waals surface area contributed by atoms with Gasteiger partial charge in [0.2, 0.25) is 0 Å². The molecule has 1 amide bonds. The number of ketones is 1. The van der Waals surface area contributed by atoms with Crippen molar-refractivity contribution in [2.75, 3.05) is 6.61 Å². The van der Waals surface area contributed by atoms with Gasteiger partial charge in [0.15, 0.2) is 5.78 Å². The van der Waals surface area contributed by atoms with Crippen LogP contribution in [0.25, 0.3) is 11.1 Å². The Morgan fingerprint density at radius 3 is 2.52 bits per heavy atom. The third-order valence-electron chi connectivity index (χ3n) is 3.53. The molecule has 1 saturated heterocycles. The van der Waals surface area contributed by atoms with Crippen LogP contribution in [0.3, 0.4) is 0 Å². The van der Waals surface area contributed by atoms with Gasteiger partial charge in [-0.15, -0.1) is 0 Å². The van der Waals surface area contributed by atoms with Crippen molar-refractivity contribution < 1.29 is 14.3 Å². The van der Waals surface area contributed by atoms with Crippen molar-refractivity contribution in [3.63, 3.8) is 0 Å². The van der Waals surface area contributed by atoms with Gasteiger partial charge in [-0.05, 0) is 16.7 Å². The molecule has 1 unspecified atom stereocenters. The van der Waals surface area contributed by atoms with Crippen LogP contribution in [0.5, 0.6) is 0 Å². The molecule has 0 aliphatic carbocycles. The van der Waals surface area contributed by atoms with Crippen molar-refractivity contribution in [1.82, 2.24) is 5.32 Å². The second kappa shape index (κ2) is 5.79. The predicted molar refractivity (Wildman–Crippen MR) is 78.9 cm³/mol. The van der Waals surface area contributed by atoms with Crippen LogP contribution in [-0.2, 0) is 16.0 Å². The number of benzene rings is 2. The summed E-state index contributed by atoms with van der Waals surface area (Å²) >= 11 is 0. The number of cyclic esters (lactones) is 1. The molecule has 0 aromatic heterocycles. The van der Waals surface area contributed by atoms with Gasteiger partial charge in [0.1, 0.15) is 12.6 Å². The van der Waals surface area contributed by atoms with Gasteiger partial charge in [-0.1, -0.05) is 54.6 Å². The number of hydrogen-bond donors (Lipinski definition) is 1. The molecule has 1 aliphatic rings. The summed E-state index contributed by atoms with van der Waals surface area (Å²) in [6.07, 6.45) is -0.246. The fraction of sp³-hybridized carbons (Fsp3) is 0.176. The standard InChI is InChI=1S/C17H15NO3/c19-16(15-11-21-17(20)18-15)10-13-8-4-5-9-14(13)12-6-2-1-3-7-12/h1-9,15H,10-11H2,(H,18,20). The molecule has 3 rings (SSSR count). The summed E-state index contributed by atoms with van der Waals surface area (Å²) in [7, 11) is 0. The van der Waals surface area contributed by atoms with Crippen molar-refractivity contribution in [2.45, 2.75) is 12.5 Å². The molecule has 21 heavy (non-hydrogen) atoms. The second-order valence-corrected chi connectivity index (χ2v) is 4.96. The highest BCUT2D eigenvalue weighted by Gasteiger charge is 2.28. The van der Waals surface area contributed by atoms with E-state index in [4.69, 9.17) is 4.74 Å². The molecule has 1 heterocycles. The largest absolute Gasteiger partial charge is 0.447 e. The quantitative estimate of drug-likeness (QED) is 0.937. The van der Waals surface area contributed by atoms with Crippen LogP contribution in [0.4, 0.5) is 4.79 Å². The molecule has 1 fully saturated rings. The molecule has 2 aromatic rings. The molecule has 0 saturated carbocycles. The lowest BCUT2D eigenvalue weighted by molar-refractivity contribution is -0.120. The first-order valence-electron chi connectivity index (χ1n) is 6.83. The number of hydrogen-bond acceptors (Lipinski definition) is 3. The number of carbonyl (C=O) groups excluding carboxylic acids is 2. The van der Waals surface area contributed by atoms with Crippen LogP contribution in [0.1, 0.15) is 5.56 Å². The monoisotopic (exact) mass is 281 g/mol. The van der Waals surface area contributed by atoms with E-state index in [0.717, 1.165) is 16.7 Å². The van der Waals surface area contributed by atoms with E-state index in [1.807, 2.05) is 54.6 Å². The third kappa shape index (κ3) is 2.94. The molecule has 1 aliphatic heterocycles. The summed E-state index contributed by atoms with van der Waals surface area (Å²) < 4.78 is 4.77. The topological polar surface area (TPSA) is 55.4 Å². The fourth-order valence-corrected chi connectivity index (χ4v) is 2.44. The van der Waals surface area contributed by atoms with Gasteiger partial charge < -0.3 is 10.1 Å². The molecule has 1 N–H and O–H groups in total. The lowest BCUT2D eigenvalue weighted by atomic mass is 9.95. The average Bonchev–Trinajstić information content (AvgIpc) is 2.95. The van der Waals surface area contributed by atoms with Gasteiger partial charge >= 0.3 is 6.09 Å². The van der Waals surface area contributed by atoms with E-state index in [9.17, 15) is 9.59 Å². The molecule has 0 spiro atoms. The van der Waals surface area contributed by atoms with Gasteiger partial charge in [-0.2, -0.15) is 0 Å². The number of amides is 1. The number of ether oxygens (including phenoxy) is 1. The van der Waals surface area contributed by atoms with Crippen molar-refractivity contribution in [2.24, 2.45) is 0 Å². The molecule has 4 nitrogen and oxygen atoms in total. The minimum absolute atomic E-state index is 0.0377. The van der Waals surface area contributed by atoms with Crippen molar-refractivity contribution in [3.05, 3.63) is 60.2 Å². The summed E-state index contributed by atoms with van der Waals surface area (Å²) in [6.45, 7) is 0.116. The van der Waals surface area contributed by atoms with Gasteiger partial charge in [0.05, 0.1) is 0 Å². The van der Waals surface area contributed by atoms with Gasteiger partial charge in [-0.3, -0.25) is 4.79 Å². The number of alkyl carbamates (subject to hydrolysis) is 1. The highest BCUT2D eigenvalue weighted by atomic mass is 16.6. The molecular formula is C17H15NO3. The first kappa shape index (κ1) is 13.4. The van der Waals surface area contributed by atoms with E-state index in [1.54, 1.807) is 0 Å². The van der Waals surface area contributed by atoms with E-state index in [2.05, 4.69) is 5.32 Å². The molecule has 1 atom stereocenters. The van der Waals surface area contributed by atoms with Crippen molar-refractivity contribution in [3.8, 4) is 11.1 Å². The average molecular weight is 281 g/mol.